The minimum atomic E-state index is -0.513. The molecular formula is C20H23FN4O. The fraction of sp³-hybridized carbons (Fsp3) is 0.450. The zero-order chi connectivity index (χ0) is 18.1. The van der Waals surface area contributed by atoms with Gasteiger partial charge in [0.25, 0.3) is 0 Å². The lowest BCUT2D eigenvalue weighted by Gasteiger charge is -2.27. The second kappa shape index (κ2) is 6.67. The summed E-state index contributed by atoms with van der Waals surface area (Å²) in [7, 11) is 0. The van der Waals surface area contributed by atoms with E-state index in [9.17, 15) is 9.18 Å². The number of carbonyl (C=O) groups excluding carboxylic acids is 1. The molecule has 1 amide bonds. The van der Waals surface area contributed by atoms with Crippen LogP contribution in [0.3, 0.4) is 0 Å². The maximum atomic E-state index is 13.6. The second-order valence-corrected chi connectivity index (χ2v) is 7.26. The minimum absolute atomic E-state index is 0.139. The number of rotatable bonds is 3. The van der Waals surface area contributed by atoms with Gasteiger partial charge in [0.05, 0.1) is 11.1 Å². The number of hydrogen-bond acceptors (Lipinski definition) is 4. The molecule has 6 heteroatoms. The van der Waals surface area contributed by atoms with Gasteiger partial charge < -0.3 is 9.80 Å². The first-order valence-electron chi connectivity index (χ1n) is 9.19. The summed E-state index contributed by atoms with van der Waals surface area (Å²) in [4.78, 5) is 17.3. The predicted octanol–water partition coefficient (Wildman–Crippen LogP) is 2.69. The third kappa shape index (κ3) is 3.16. The number of anilines is 1. The van der Waals surface area contributed by atoms with Crippen LogP contribution in [0.2, 0.25) is 0 Å². The van der Waals surface area contributed by atoms with Crippen molar-refractivity contribution < 1.29 is 9.18 Å². The Morgan fingerprint density at radius 2 is 1.92 bits per heavy atom. The van der Waals surface area contributed by atoms with E-state index in [1.165, 1.54) is 12.1 Å². The SMILES string of the molecule is Cc1ccc(N2CCCN(C(=O)C3(c4cccc(F)c4)CC3)CC2)nn1. The van der Waals surface area contributed by atoms with E-state index in [-0.39, 0.29) is 11.7 Å². The molecule has 2 heterocycles. The topological polar surface area (TPSA) is 49.3 Å². The minimum Gasteiger partial charge on any atom is -0.353 e. The maximum Gasteiger partial charge on any atom is 0.233 e. The van der Waals surface area contributed by atoms with E-state index in [1.54, 1.807) is 6.07 Å². The summed E-state index contributed by atoms with van der Waals surface area (Å²) < 4.78 is 13.6. The van der Waals surface area contributed by atoms with E-state index >= 15 is 0 Å². The average Bonchev–Trinajstić information content (AvgIpc) is 3.47. The van der Waals surface area contributed by atoms with Crippen molar-refractivity contribution in [2.45, 2.75) is 31.6 Å². The van der Waals surface area contributed by atoms with Gasteiger partial charge in [-0.1, -0.05) is 12.1 Å². The van der Waals surface area contributed by atoms with Crippen molar-refractivity contribution in [1.29, 1.82) is 0 Å². The van der Waals surface area contributed by atoms with Crippen LogP contribution >= 0.6 is 0 Å². The Labute approximate surface area is 152 Å². The van der Waals surface area contributed by atoms with E-state index in [2.05, 4.69) is 15.1 Å². The van der Waals surface area contributed by atoms with Crippen LogP contribution in [-0.4, -0.2) is 47.2 Å². The summed E-state index contributed by atoms with van der Waals surface area (Å²) in [6.45, 7) is 4.90. The average molecular weight is 354 g/mol. The van der Waals surface area contributed by atoms with Crippen LogP contribution < -0.4 is 4.90 Å². The van der Waals surface area contributed by atoms with Crippen molar-refractivity contribution in [1.82, 2.24) is 15.1 Å². The summed E-state index contributed by atoms with van der Waals surface area (Å²) in [5.74, 6) is 0.720. The molecule has 0 unspecified atom stereocenters. The fourth-order valence-electron chi connectivity index (χ4n) is 3.75. The molecule has 136 valence electrons. The van der Waals surface area contributed by atoms with Crippen LogP contribution in [0, 0.1) is 12.7 Å². The van der Waals surface area contributed by atoms with Gasteiger partial charge in [0.2, 0.25) is 5.91 Å². The number of hydrogen-bond donors (Lipinski definition) is 0. The number of carbonyl (C=O) groups is 1. The lowest BCUT2D eigenvalue weighted by atomic mass is 9.94. The van der Waals surface area contributed by atoms with Crippen LogP contribution in [0.1, 0.15) is 30.5 Å². The monoisotopic (exact) mass is 354 g/mol. The molecule has 4 rings (SSSR count). The molecule has 26 heavy (non-hydrogen) atoms. The van der Waals surface area contributed by atoms with Gasteiger partial charge in [0, 0.05) is 26.2 Å². The molecule has 1 aliphatic heterocycles. The highest BCUT2D eigenvalue weighted by molar-refractivity contribution is 5.91. The highest BCUT2D eigenvalue weighted by Crippen LogP contribution is 2.49. The van der Waals surface area contributed by atoms with Crippen LogP contribution in [0.25, 0.3) is 0 Å². The quantitative estimate of drug-likeness (QED) is 0.850. The molecule has 1 saturated carbocycles. The van der Waals surface area contributed by atoms with Gasteiger partial charge in [-0.3, -0.25) is 4.79 Å². The summed E-state index contributed by atoms with van der Waals surface area (Å²) in [5.41, 5.74) is 1.19. The third-order valence-corrected chi connectivity index (χ3v) is 5.43. The number of aryl methyl sites for hydroxylation is 1. The Bertz CT molecular complexity index is 804. The first-order valence-corrected chi connectivity index (χ1v) is 9.19. The van der Waals surface area contributed by atoms with Crippen molar-refractivity contribution >= 4 is 11.7 Å². The molecule has 0 atom stereocenters. The molecule has 2 fully saturated rings. The van der Waals surface area contributed by atoms with Crippen molar-refractivity contribution in [2.75, 3.05) is 31.1 Å². The Kier molecular flexibility index (Phi) is 4.34. The standard InChI is InChI=1S/C20H23FN4O/c1-15-6-7-18(23-22-15)24-10-3-11-25(13-12-24)19(26)20(8-9-20)16-4-2-5-17(21)14-16/h2,4-7,14H,3,8-13H2,1H3. The molecule has 0 spiro atoms. The van der Waals surface area contributed by atoms with E-state index in [1.807, 2.05) is 30.0 Å². The van der Waals surface area contributed by atoms with Crippen LogP contribution in [0.4, 0.5) is 10.2 Å². The maximum absolute atomic E-state index is 13.6. The third-order valence-electron chi connectivity index (χ3n) is 5.43. The van der Waals surface area contributed by atoms with Gasteiger partial charge >= 0.3 is 0 Å². The molecule has 1 aromatic heterocycles. The highest BCUT2D eigenvalue weighted by atomic mass is 19.1. The van der Waals surface area contributed by atoms with Crippen LogP contribution in [0.15, 0.2) is 36.4 Å². The lowest BCUT2D eigenvalue weighted by molar-refractivity contribution is -0.133. The Morgan fingerprint density at radius 1 is 1.08 bits per heavy atom. The predicted molar refractivity (Wildman–Crippen MR) is 97.5 cm³/mol. The van der Waals surface area contributed by atoms with Crippen molar-refractivity contribution in [2.24, 2.45) is 0 Å². The second-order valence-electron chi connectivity index (χ2n) is 7.26. The first kappa shape index (κ1) is 16.9. The van der Waals surface area contributed by atoms with E-state index < -0.39 is 5.41 Å². The number of amides is 1. The number of benzene rings is 1. The molecule has 0 bridgehead atoms. The molecule has 1 saturated heterocycles. The van der Waals surface area contributed by atoms with E-state index in [4.69, 9.17) is 0 Å². The highest BCUT2D eigenvalue weighted by Gasteiger charge is 2.53. The van der Waals surface area contributed by atoms with E-state index in [0.717, 1.165) is 56.0 Å². The molecule has 0 N–H and O–H groups in total. The van der Waals surface area contributed by atoms with Gasteiger partial charge in [-0.25, -0.2) is 4.39 Å². The summed E-state index contributed by atoms with van der Waals surface area (Å²) in [6, 6.07) is 10.4. The van der Waals surface area contributed by atoms with Gasteiger partial charge in [-0.15, -0.1) is 5.10 Å². The fourth-order valence-corrected chi connectivity index (χ4v) is 3.75. The summed E-state index contributed by atoms with van der Waals surface area (Å²) in [5, 5.41) is 8.39. The molecular weight excluding hydrogens is 331 g/mol. The number of aromatic nitrogens is 2. The van der Waals surface area contributed by atoms with Crippen molar-refractivity contribution in [3.05, 3.63) is 53.5 Å². The first-order chi connectivity index (χ1) is 12.6. The van der Waals surface area contributed by atoms with Gasteiger partial charge in [-0.05, 0) is 56.0 Å². The molecule has 2 aliphatic rings. The normalized spacial score (nSPS) is 19.2. The number of nitrogens with zero attached hydrogens (tertiary/aromatic N) is 4. The lowest BCUT2D eigenvalue weighted by Crippen LogP contribution is -2.41. The molecule has 1 aliphatic carbocycles. The molecule has 0 radical (unpaired) electrons. The Balaban J connectivity index is 1.47. The number of halogens is 1. The largest absolute Gasteiger partial charge is 0.353 e. The molecule has 1 aromatic carbocycles. The molecule has 2 aromatic rings. The van der Waals surface area contributed by atoms with Gasteiger partial charge in [0.15, 0.2) is 5.82 Å². The van der Waals surface area contributed by atoms with Gasteiger partial charge in [-0.2, -0.15) is 5.10 Å². The summed E-state index contributed by atoms with van der Waals surface area (Å²) >= 11 is 0. The summed E-state index contributed by atoms with van der Waals surface area (Å²) in [6.07, 6.45) is 2.50. The molecule has 5 nitrogen and oxygen atoms in total. The zero-order valence-electron chi connectivity index (χ0n) is 15.0. The zero-order valence-corrected chi connectivity index (χ0v) is 15.0. The van der Waals surface area contributed by atoms with Crippen LogP contribution in [0.5, 0.6) is 0 Å². The van der Waals surface area contributed by atoms with Gasteiger partial charge in [0.1, 0.15) is 5.82 Å². The van der Waals surface area contributed by atoms with E-state index in [0.29, 0.717) is 6.54 Å². The smallest absolute Gasteiger partial charge is 0.233 e. The van der Waals surface area contributed by atoms with Crippen LogP contribution in [-0.2, 0) is 10.2 Å². The van der Waals surface area contributed by atoms with Crippen molar-refractivity contribution in [3.8, 4) is 0 Å². The Morgan fingerprint density at radius 3 is 2.62 bits per heavy atom. The van der Waals surface area contributed by atoms with Crippen molar-refractivity contribution in [3.63, 3.8) is 0 Å². The Hall–Kier alpha value is -2.50.